The first kappa shape index (κ1) is 18.1. The van der Waals surface area contributed by atoms with Crippen LogP contribution >= 0.6 is 0 Å². The standard InChI is InChI=1S/C20H19N3O2/c1-14(2)11-19(24)23-13-15-6-8-16(9-7-15)20(25)17(12-21)18-5-3-4-10-22-18/h3-11,17H,13H2,1-2H3,(H,23,24)/t17-/m1/s1. The lowest BCUT2D eigenvalue weighted by atomic mass is 9.95. The van der Waals surface area contributed by atoms with E-state index in [0.29, 0.717) is 17.8 Å². The number of Topliss-reactive ketones (excluding diaryl/α,β-unsaturated/α-hetero) is 1. The molecule has 0 radical (unpaired) electrons. The van der Waals surface area contributed by atoms with Crippen molar-refractivity contribution in [2.75, 3.05) is 0 Å². The third kappa shape index (κ3) is 5.11. The zero-order valence-electron chi connectivity index (χ0n) is 14.2. The fourth-order valence-electron chi connectivity index (χ4n) is 2.26. The van der Waals surface area contributed by atoms with E-state index in [1.807, 2.05) is 19.9 Å². The molecule has 0 aliphatic carbocycles. The summed E-state index contributed by atoms with van der Waals surface area (Å²) in [6, 6.07) is 14.0. The smallest absolute Gasteiger partial charge is 0.244 e. The van der Waals surface area contributed by atoms with Crippen LogP contribution in [0.1, 0.15) is 41.4 Å². The molecular weight excluding hydrogens is 314 g/mol. The molecule has 2 aromatic rings. The second-order valence-electron chi connectivity index (χ2n) is 5.82. The van der Waals surface area contributed by atoms with E-state index >= 15 is 0 Å². The minimum Gasteiger partial charge on any atom is -0.348 e. The fourth-order valence-corrected chi connectivity index (χ4v) is 2.26. The van der Waals surface area contributed by atoms with Gasteiger partial charge in [-0.05, 0) is 31.5 Å². The number of hydrogen-bond donors (Lipinski definition) is 1. The fraction of sp³-hybridized carbons (Fsp3) is 0.200. The van der Waals surface area contributed by atoms with Crippen molar-refractivity contribution in [2.45, 2.75) is 26.3 Å². The lowest BCUT2D eigenvalue weighted by Gasteiger charge is -2.09. The Kier molecular flexibility index (Phi) is 6.19. The van der Waals surface area contributed by atoms with Gasteiger partial charge in [-0.2, -0.15) is 5.26 Å². The van der Waals surface area contributed by atoms with Crippen LogP contribution in [0.2, 0.25) is 0 Å². The van der Waals surface area contributed by atoms with Crippen molar-refractivity contribution in [3.8, 4) is 6.07 Å². The number of nitrogens with zero attached hydrogens (tertiary/aromatic N) is 2. The van der Waals surface area contributed by atoms with Crippen molar-refractivity contribution in [1.29, 1.82) is 5.26 Å². The first-order chi connectivity index (χ1) is 12.0. The molecule has 0 aliphatic rings. The average molecular weight is 333 g/mol. The highest BCUT2D eigenvalue weighted by Crippen LogP contribution is 2.19. The number of nitriles is 1. The average Bonchev–Trinajstić information content (AvgIpc) is 2.61. The number of ketones is 1. The Morgan fingerprint density at radius 3 is 2.48 bits per heavy atom. The summed E-state index contributed by atoms with van der Waals surface area (Å²) in [5.41, 5.74) is 2.68. The molecule has 1 atom stereocenters. The zero-order chi connectivity index (χ0) is 18.2. The zero-order valence-corrected chi connectivity index (χ0v) is 14.2. The Hall–Kier alpha value is -3.26. The van der Waals surface area contributed by atoms with Crippen molar-refractivity contribution in [3.05, 3.63) is 77.1 Å². The van der Waals surface area contributed by atoms with Gasteiger partial charge in [-0.25, -0.2) is 0 Å². The van der Waals surface area contributed by atoms with E-state index < -0.39 is 5.92 Å². The number of amides is 1. The first-order valence-electron chi connectivity index (χ1n) is 7.87. The summed E-state index contributed by atoms with van der Waals surface area (Å²) >= 11 is 0. The summed E-state index contributed by atoms with van der Waals surface area (Å²) in [6.45, 7) is 4.08. The monoisotopic (exact) mass is 333 g/mol. The molecule has 5 nitrogen and oxygen atoms in total. The van der Waals surface area contributed by atoms with Crippen LogP contribution in [0.4, 0.5) is 0 Å². The highest BCUT2D eigenvalue weighted by atomic mass is 16.1. The maximum absolute atomic E-state index is 12.5. The predicted octanol–water partition coefficient (Wildman–Crippen LogP) is 3.15. The Morgan fingerprint density at radius 1 is 1.20 bits per heavy atom. The number of benzene rings is 1. The van der Waals surface area contributed by atoms with Gasteiger partial charge < -0.3 is 5.32 Å². The molecule has 0 unspecified atom stereocenters. The maximum Gasteiger partial charge on any atom is 0.244 e. The molecule has 0 saturated carbocycles. The van der Waals surface area contributed by atoms with Gasteiger partial charge in [0, 0.05) is 24.4 Å². The molecule has 126 valence electrons. The van der Waals surface area contributed by atoms with Crippen LogP contribution in [0.5, 0.6) is 0 Å². The van der Waals surface area contributed by atoms with E-state index in [9.17, 15) is 14.9 Å². The van der Waals surface area contributed by atoms with Crippen LogP contribution in [0.25, 0.3) is 0 Å². The third-order valence-corrected chi connectivity index (χ3v) is 3.50. The number of carbonyl (C=O) groups is 2. The van der Waals surface area contributed by atoms with Crippen molar-refractivity contribution in [1.82, 2.24) is 10.3 Å². The quantitative estimate of drug-likeness (QED) is 0.650. The lowest BCUT2D eigenvalue weighted by molar-refractivity contribution is -0.116. The molecule has 5 heteroatoms. The topological polar surface area (TPSA) is 82.9 Å². The van der Waals surface area contributed by atoms with Crippen molar-refractivity contribution >= 4 is 11.7 Å². The van der Waals surface area contributed by atoms with Gasteiger partial charge in [0.1, 0.15) is 0 Å². The van der Waals surface area contributed by atoms with Crippen molar-refractivity contribution < 1.29 is 9.59 Å². The van der Waals surface area contributed by atoms with Gasteiger partial charge in [0.2, 0.25) is 5.91 Å². The summed E-state index contributed by atoms with van der Waals surface area (Å²) in [4.78, 5) is 28.2. The van der Waals surface area contributed by atoms with Gasteiger partial charge in [-0.1, -0.05) is 35.9 Å². The lowest BCUT2D eigenvalue weighted by Crippen LogP contribution is -2.20. The minimum absolute atomic E-state index is 0.153. The highest BCUT2D eigenvalue weighted by Gasteiger charge is 2.22. The van der Waals surface area contributed by atoms with Gasteiger partial charge in [0.15, 0.2) is 11.7 Å². The van der Waals surface area contributed by atoms with Gasteiger partial charge in [-0.3, -0.25) is 14.6 Å². The number of allylic oxidation sites excluding steroid dienone is 1. The van der Waals surface area contributed by atoms with Crippen LogP contribution in [0, 0.1) is 11.3 Å². The number of hydrogen-bond acceptors (Lipinski definition) is 4. The number of carbonyl (C=O) groups excluding carboxylic acids is 2. The molecule has 1 amide bonds. The van der Waals surface area contributed by atoms with Crippen LogP contribution in [0.15, 0.2) is 60.3 Å². The third-order valence-electron chi connectivity index (χ3n) is 3.50. The molecule has 0 fully saturated rings. The molecule has 0 bridgehead atoms. The molecule has 0 spiro atoms. The van der Waals surface area contributed by atoms with E-state index in [2.05, 4.69) is 10.3 Å². The molecule has 1 heterocycles. The molecule has 25 heavy (non-hydrogen) atoms. The number of rotatable bonds is 6. The van der Waals surface area contributed by atoms with Crippen molar-refractivity contribution in [3.63, 3.8) is 0 Å². The maximum atomic E-state index is 12.5. The van der Waals surface area contributed by atoms with Crippen LogP contribution in [0.3, 0.4) is 0 Å². The second-order valence-corrected chi connectivity index (χ2v) is 5.82. The highest BCUT2D eigenvalue weighted by molar-refractivity contribution is 6.02. The van der Waals surface area contributed by atoms with E-state index in [1.54, 1.807) is 48.7 Å². The Morgan fingerprint density at radius 2 is 1.92 bits per heavy atom. The molecule has 0 aliphatic heterocycles. The summed E-state index contributed by atoms with van der Waals surface area (Å²) < 4.78 is 0. The molecular formula is C20H19N3O2. The summed E-state index contributed by atoms with van der Waals surface area (Å²) in [5.74, 6) is -1.37. The van der Waals surface area contributed by atoms with Gasteiger partial charge in [0.25, 0.3) is 0 Å². The van der Waals surface area contributed by atoms with Crippen LogP contribution in [-0.4, -0.2) is 16.7 Å². The molecule has 1 aromatic heterocycles. The van der Waals surface area contributed by atoms with E-state index in [1.165, 1.54) is 6.08 Å². The molecule has 2 rings (SSSR count). The Bertz CT molecular complexity index is 814. The molecule has 0 saturated heterocycles. The Labute approximate surface area is 147 Å². The van der Waals surface area contributed by atoms with E-state index in [4.69, 9.17) is 0 Å². The summed E-state index contributed by atoms with van der Waals surface area (Å²) in [6.07, 6.45) is 3.09. The normalized spacial score (nSPS) is 11.1. The van der Waals surface area contributed by atoms with E-state index in [0.717, 1.165) is 11.1 Å². The van der Waals surface area contributed by atoms with Gasteiger partial charge >= 0.3 is 0 Å². The van der Waals surface area contributed by atoms with Crippen LogP contribution < -0.4 is 5.32 Å². The minimum atomic E-state index is -0.926. The number of nitrogens with one attached hydrogen (secondary N) is 1. The summed E-state index contributed by atoms with van der Waals surface area (Å²) in [5, 5.41) is 12.1. The first-order valence-corrected chi connectivity index (χ1v) is 7.87. The Balaban J connectivity index is 2.06. The molecule has 1 N–H and O–H groups in total. The summed E-state index contributed by atoms with van der Waals surface area (Å²) in [7, 11) is 0. The van der Waals surface area contributed by atoms with Gasteiger partial charge in [-0.15, -0.1) is 0 Å². The predicted molar refractivity (Wildman–Crippen MR) is 94.6 cm³/mol. The molecule has 1 aromatic carbocycles. The van der Waals surface area contributed by atoms with Gasteiger partial charge in [0.05, 0.1) is 11.8 Å². The number of pyridine rings is 1. The van der Waals surface area contributed by atoms with E-state index in [-0.39, 0.29) is 11.7 Å². The largest absolute Gasteiger partial charge is 0.348 e. The van der Waals surface area contributed by atoms with Crippen LogP contribution in [-0.2, 0) is 11.3 Å². The van der Waals surface area contributed by atoms with Crippen molar-refractivity contribution in [2.24, 2.45) is 0 Å². The number of aromatic nitrogens is 1. The second kappa shape index (κ2) is 8.55. The SMILES string of the molecule is CC(C)=CC(=O)NCc1ccc(C(=O)[C@H](C#N)c2ccccn2)cc1.